The van der Waals surface area contributed by atoms with E-state index in [9.17, 15) is 0 Å². The van der Waals surface area contributed by atoms with Crippen LogP contribution >= 0.6 is 31.9 Å². The minimum atomic E-state index is 0.00484. The van der Waals surface area contributed by atoms with Gasteiger partial charge in [-0.2, -0.15) is 0 Å². The molecule has 1 aliphatic rings. The van der Waals surface area contributed by atoms with E-state index in [1.165, 1.54) is 0 Å². The topological polar surface area (TPSA) is 35.2 Å². The average molecular weight is 383 g/mol. The Hall–Kier alpha value is -0.840. The van der Waals surface area contributed by atoms with Crippen molar-refractivity contribution < 1.29 is 4.74 Å². The van der Waals surface area contributed by atoms with E-state index in [2.05, 4.69) is 44.0 Å². The Morgan fingerprint density at radius 3 is 2.63 bits per heavy atom. The van der Waals surface area contributed by atoms with Gasteiger partial charge in [0.05, 0.1) is 0 Å². The Bertz CT molecular complexity index is 615. The lowest BCUT2D eigenvalue weighted by Gasteiger charge is -2.30. The molecule has 0 aliphatic carbocycles. The van der Waals surface area contributed by atoms with Crippen LogP contribution in [0.1, 0.15) is 29.7 Å². The fraction of sp³-hybridized carbons (Fsp3) is 0.200. The summed E-state index contributed by atoms with van der Waals surface area (Å²) in [4.78, 5) is 0. The number of fused-ring (bicyclic) bond motifs is 1. The van der Waals surface area contributed by atoms with Crippen LogP contribution in [0.5, 0.6) is 5.75 Å². The van der Waals surface area contributed by atoms with E-state index >= 15 is 0 Å². The molecule has 0 amide bonds. The highest BCUT2D eigenvalue weighted by molar-refractivity contribution is 9.10. The molecule has 2 unspecified atom stereocenters. The molecule has 98 valence electrons. The number of benzene rings is 2. The Kier molecular flexibility index (Phi) is 3.65. The maximum Gasteiger partial charge on any atom is 0.126 e. The third kappa shape index (κ3) is 2.71. The second kappa shape index (κ2) is 5.27. The van der Waals surface area contributed by atoms with Crippen molar-refractivity contribution in [3.05, 3.63) is 62.5 Å². The summed E-state index contributed by atoms with van der Waals surface area (Å²) in [6, 6.07) is 14.2. The van der Waals surface area contributed by atoms with Gasteiger partial charge < -0.3 is 10.5 Å². The lowest BCUT2D eigenvalue weighted by atomic mass is 9.94. The Morgan fingerprint density at radius 1 is 1.05 bits per heavy atom. The van der Waals surface area contributed by atoms with Crippen molar-refractivity contribution in [2.24, 2.45) is 5.73 Å². The molecule has 2 nitrogen and oxygen atoms in total. The van der Waals surface area contributed by atoms with Crippen LogP contribution in [0, 0.1) is 0 Å². The number of nitrogens with two attached hydrogens (primary N) is 1. The molecule has 0 saturated heterocycles. The lowest BCUT2D eigenvalue weighted by Crippen LogP contribution is -2.24. The molecule has 0 bridgehead atoms. The normalized spacial score (nSPS) is 21.6. The van der Waals surface area contributed by atoms with Crippen molar-refractivity contribution in [2.45, 2.75) is 18.6 Å². The molecule has 0 aromatic heterocycles. The average Bonchev–Trinajstić information content (AvgIpc) is 2.39. The monoisotopic (exact) mass is 381 g/mol. The van der Waals surface area contributed by atoms with Crippen LogP contribution in [0.3, 0.4) is 0 Å². The third-order valence-corrected chi connectivity index (χ3v) is 4.32. The first kappa shape index (κ1) is 13.2. The highest BCUT2D eigenvalue weighted by Crippen LogP contribution is 2.41. The van der Waals surface area contributed by atoms with Crippen molar-refractivity contribution >= 4 is 31.9 Å². The van der Waals surface area contributed by atoms with Crippen LogP contribution in [-0.2, 0) is 0 Å². The zero-order chi connectivity index (χ0) is 13.4. The summed E-state index contributed by atoms with van der Waals surface area (Å²) in [5.41, 5.74) is 8.49. The summed E-state index contributed by atoms with van der Waals surface area (Å²) in [7, 11) is 0. The molecule has 0 saturated carbocycles. The standard InChI is InChI=1S/C15H13Br2NO/c16-10-3-1-2-9(6-10)15-8-13(18)12-7-11(17)4-5-14(12)19-15/h1-7,13,15H,8,18H2. The van der Waals surface area contributed by atoms with E-state index in [4.69, 9.17) is 10.5 Å². The van der Waals surface area contributed by atoms with Gasteiger partial charge in [-0.3, -0.25) is 0 Å². The summed E-state index contributed by atoms with van der Waals surface area (Å²) in [6.07, 6.45) is 0.807. The predicted octanol–water partition coefficient (Wildman–Crippen LogP) is 4.74. The molecular weight excluding hydrogens is 370 g/mol. The van der Waals surface area contributed by atoms with Gasteiger partial charge in [-0.1, -0.05) is 44.0 Å². The molecule has 0 spiro atoms. The second-order valence-electron chi connectivity index (χ2n) is 4.69. The quantitative estimate of drug-likeness (QED) is 0.773. The fourth-order valence-corrected chi connectivity index (χ4v) is 3.18. The first-order valence-electron chi connectivity index (χ1n) is 6.10. The number of hydrogen-bond donors (Lipinski definition) is 1. The molecule has 2 aromatic carbocycles. The minimum absolute atomic E-state index is 0.00484. The van der Waals surface area contributed by atoms with Crippen molar-refractivity contribution in [2.75, 3.05) is 0 Å². The van der Waals surface area contributed by atoms with E-state index < -0.39 is 0 Å². The van der Waals surface area contributed by atoms with Crippen molar-refractivity contribution in [3.63, 3.8) is 0 Å². The molecule has 0 fully saturated rings. The summed E-state index contributed by atoms with van der Waals surface area (Å²) in [6.45, 7) is 0. The zero-order valence-corrected chi connectivity index (χ0v) is 13.3. The van der Waals surface area contributed by atoms with Gasteiger partial charge in [0.15, 0.2) is 0 Å². The van der Waals surface area contributed by atoms with Gasteiger partial charge in [-0.05, 0) is 35.9 Å². The number of ether oxygens (including phenoxy) is 1. The summed E-state index contributed by atoms with van der Waals surface area (Å²) in [5.74, 6) is 0.881. The largest absolute Gasteiger partial charge is 0.485 e. The SMILES string of the molecule is NC1CC(c2cccc(Br)c2)Oc2ccc(Br)cc21. The molecule has 4 heteroatoms. The van der Waals surface area contributed by atoms with E-state index in [1.807, 2.05) is 30.3 Å². The van der Waals surface area contributed by atoms with Crippen LogP contribution in [0.4, 0.5) is 0 Å². The molecule has 1 aliphatic heterocycles. The molecule has 1 heterocycles. The van der Waals surface area contributed by atoms with Crippen molar-refractivity contribution in [3.8, 4) is 5.75 Å². The highest BCUT2D eigenvalue weighted by atomic mass is 79.9. The van der Waals surface area contributed by atoms with Gasteiger partial charge in [0.25, 0.3) is 0 Å². The van der Waals surface area contributed by atoms with Crippen molar-refractivity contribution in [1.82, 2.24) is 0 Å². The van der Waals surface area contributed by atoms with Crippen LogP contribution in [-0.4, -0.2) is 0 Å². The molecule has 3 rings (SSSR count). The third-order valence-electron chi connectivity index (χ3n) is 3.33. The van der Waals surface area contributed by atoms with Crippen molar-refractivity contribution in [1.29, 1.82) is 0 Å². The minimum Gasteiger partial charge on any atom is -0.485 e. The first-order valence-corrected chi connectivity index (χ1v) is 7.69. The van der Waals surface area contributed by atoms with E-state index in [1.54, 1.807) is 0 Å². The first-order chi connectivity index (χ1) is 9.13. The van der Waals surface area contributed by atoms with Crippen LogP contribution < -0.4 is 10.5 Å². The summed E-state index contributed by atoms with van der Waals surface area (Å²) >= 11 is 6.96. The van der Waals surface area contributed by atoms with Gasteiger partial charge in [-0.25, -0.2) is 0 Å². The van der Waals surface area contributed by atoms with Gasteiger partial charge in [0.1, 0.15) is 11.9 Å². The van der Waals surface area contributed by atoms with Gasteiger partial charge in [-0.15, -0.1) is 0 Å². The zero-order valence-electron chi connectivity index (χ0n) is 10.1. The molecule has 19 heavy (non-hydrogen) atoms. The van der Waals surface area contributed by atoms with E-state index in [-0.39, 0.29) is 12.1 Å². The number of hydrogen-bond acceptors (Lipinski definition) is 2. The van der Waals surface area contributed by atoms with E-state index in [0.717, 1.165) is 32.2 Å². The number of halogens is 2. The van der Waals surface area contributed by atoms with E-state index in [0.29, 0.717) is 0 Å². The summed E-state index contributed by atoms with van der Waals surface area (Å²) in [5, 5.41) is 0. The highest BCUT2D eigenvalue weighted by Gasteiger charge is 2.27. The Morgan fingerprint density at radius 2 is 1.84 bits per heavy atom. The maximum absolute atomic E-state index is 6.27. The molecule has 2 atom stereocenters. The maximum atomic E-state index is 6.27. The smallest absolute Gasteiger partial charge is 0.126 e. The molecule has 2 aromatic rings. The second-order valence-corrected chi connectivity index (χ2v) is 6.52. The van der Waals surface area contributed by atoms with Gasteiger partial charge in [0, 0.05) is 27.0 Å². The lowest BCUT2D eigenvalue weighted by molar-refractivity contribution is 0.161. The summed E-state index contributed by atoms with van der Waals surface area (Å²) < 4.78 is 8.17. The predicted molar refractivity (Wildman–Crippen MR) is 83.2 cm³/mol. The molecule has 0 radical (unpaired) electrons. The van der Waals surface area contributed by atoms with Crippen LogP contribution in [0.15, 0.2) is 51.4 Å². The van der Waals surface area contributed by atoms with Gasteiger partial charge >= 0.3 is 0 Å². The molecule has 2 N–H and O–H groups in total. The van der Waals surface area contributed by atoms with Crippen LogP contribution in [0.25, 0.3) is 0 Å². The molecular formula is C15H13Br2NO. The fourth-order valence-electron chi connectivity index (χ4n) is 2.39. The Labute approximate surface area is 129 Å². The van der Waals surface area contributed by atoms with Crippen LogP contribution in [0.2, 0.25) is 0 Å². The van der Waals surface area contributed by atoms with Gasteiger partial charge in [0.2, 0.25) is 0 Å². The number of rotatable bonds is 1. The Balaban J connectivity index is 1.95.